The van der Waals surface area contributed by atoms with E-state index < -0.39 is 17.3 Å². The SMILES string of the molecule is COc1cc(Cl)c(OC)c(C(=O)O)c1F. The van der Waals surface area contributed by atoms with Gasteiger partial charge in [0, 0.05) is 6.07 Å². The Balaban J connectivity index is 3.55. The molecular formula is C9H8ClFO4. The molecule has 1 rings (SSSR count). The van der Waals surface area contributed by atoms with Crippen LogP contribution in [0, 0.1) is 5.82 Å². The molecule has 1 aromatic carbocycles. The summed E-state index contributed by atoms with van der Waals surface area (Å²) in [5, 5.41) is 8.77. The molecule has 0 aromatic heterocycles. The van der Waals surface area contributed by atoms with E-state index in [1.807, 2.05) is 0 Å². The molecule has 0 radical (unpaired) electrons. The van der Waals surface area contributed by atoms with Gasteiger partial charge in [-0.25, -0.2) is 9.18 Å². The molecule has 4 nitrogen and oxygen atoms in total. The third kappa shape index (κ3) is 1.97. The van der Waals surface area contributed by atoms with Gasteiger partial charge in [-0.1, -0.05) is 11.6 Å². The number of benzene rings is 1. The van der Waals surface area contributed by atoms with E-state index in [1.165, 1.54) is 14.2 Å². The second kappa shape index (κ2) is 4.35. The van der Waals surface area contributed by atoms with E-state index in [4.69, 9.17) is 21.4 Å². The minimum atomic E-state index is -1.47. The highest BCUT2D eigenvalue weighted by Crippen LogP contribution is 2.36. The molecule has 0 saturated carbocycles. The van der Waals surface area contributed by atoms with Gasteiger partial charge in [0.25, 0.3) is 0 Å². The fourth-order valence-corrected chi connectivity index (χ4v) is 1.40. The van der Waals surface area contributed by atoms with Crippen LogP contribution in [0.5, 0.6) is 11.5 Å². The van der Waals surface area contributed by atoms with E-state index in [9.17, 15) is 9.18 Å². The van der Waals surface area contributed by atoms with Crippen LogP contribution >= 0.6 is 11.6 Å². The monoisotopic (exact) mass is 234 g/mol. The predicted molar refractivity (Wildman–Crippen MR) is 51.5 cm³/mol. The van der Waals surface area contributed by atoms with Crippen molar-refractivity contribution >= 4 is 17.6 Å². The summed E-state index contributed by atoms with van der Waals surface area (Å²) < 4.78 is 22.9. The third-order valence-corrected chi connectivity index (χ3v) is 2.06. The molecule has 0 unspecified atom stereocenters. The minimum Gasteiger partial charge on any atom is -0.494 e. The fourth-order valence-electron chi connectivity index (χ4n) is 1.13. The van der Waals surface area contributed by atoms with Crippen molar-refractivity contribution in [3.63, 3.8) is 0 Å². The molecule has 0 saturated heterocycles. The number of methoxy groups -OCH3 is 2. The van der Waals surface area contributed by atoms with Crippen molar-refractivity contribution in [2.75, 3.05) is 14.2 Å². The quantitative estimate of drug-likeness (QED) is 0.871. The van der Waals surface area contributed by atoms with Crippen LogP contribution in [0.1, 0.15) is 10.4 Å². The Labute approximate surface area is 90.2 Å². The van der Waals surface area contributed by atoms with Crippen LogP contribution in [0.15, 0.2) is 6.07 Å². The molecule has 1 aromatic rings. The van der Waals surface area contributed by atoms with Crippen molar-refractivity contribution in [3.8, 4) is 11.5 Å². The van der Waals surface area contributed by atoms with E-state index in [0.29, 0.717) is 0 Å². The van der Waals surface area contributed by atoms with E-state index in [1.54, 1.807) is 0 Å². The van der Waals surface area contributed by atoms with Gasteiger partial charge in [-0.15, -0.1) is 0 Å². The van der Waals surface area contributed by atoms with Crippen LogP contribution in [-0.2, 0) is 0 Å². The normalized spacial score (nSPS) is 9.87. The van der Waals surface area contributed by atoms with E-state index in [2.05, 4.69) is 4.74 Å². The molecule has 82 valence electrons. The first-order valence-electron chi connectivity index (χ1n) is 3.86. The first kappa shape index (κ1) is 11.6. The highest BCUT2D eigenvalue weighted by Gasteiger charge is 2.24. The summed E-state index contributed by atoms with van der Waals surface area (Å²) in [5.41, 5.74) is -0.637. The van der Waals surface area contributed by atoms with Crippen LogP contribution in [0.25, 0.3) is 0 Å². The van der Waals surface area contributed by atoms with Crippen molar-refractivity contribution in [2.24, 2.45) is 0 Å². The summed E-state index contributed by atoms with van der Waals surface area (Å²) in [6.45, 7) is 0. The Morgan fingerprint density at radius 1 is 1.47 bits per heavy atom. The van der Waals surface area contributed by atoms with E-state index >= 15 is 0 Å². The Hall–Kier alpha value is -1.49. The molecule has 0 aliphatic heterocycles. The average Bonchev–Trinajstić information content (AvgIpc) is 2.19. The molecule has 0 amide bonds. The number of carboxylic acids is 1. The van der Waals surface area contributed by atoms with Gasteiger partial charge in [-0.3, -0.25) is 0 Å². The number of hydrogen-bond acceptors (Lipinski definition) is 3. The highest BCUT2D eigenvalue weighted by atomic mass is 35.5. The molecule has 15 heavy (non-hydrogen) atoms. The first-order valence-corrected chi connectivity index (χ1v) is 4.24. The lowest BCUT2D eigenvalue weighted by atomic mass is 10.1. The maximum absolute atomic E-state index is 13.5. The van der Waals surface area contributed by atoms with Crippen LogP contribution in [0.4, 0.5) is 4.39 Å². The standard InChI is InChI=1S/C9H8ClFO4/c1-14-5-3-4(10)8(15-2)6(7(5)11)9(12)13/h3H,1-2H3,(H,12,13). The molecule has 0 aliphatic rings. The van der Waals surface area contributed by atoms with Crippen molar-refractivity contribution in [2.45, 2.75) is 0 Å². The largest absolute Gasteiger partial charge is 0.494 e. The molecular weight excluding hydrogens is 227 g/mol. The van der Waals surface area contributed by atoms with Gasteiger partial charge in [-0.05, 0) is 0 Å². The number of aromatic carboxylic acids is 1. The molecule has 0 heterocycles. The Bertz CT molecular complexity index is 406. The topological polar surface area (TPSA) is 55.8 Å². The summed E-state index contributed by atoms with van der Waals surface area (Å²) in [7, 11) is 2.42. The predicted octanol–water partition coefficient (Wildman–Crippen LogP) is 2.19. The van der Waals surface area contributed by atoms with Crippen LogP contribution in [0.3, 0.4) is 0 Å². The Morgan fingerprint density at radius 2 is 2.07 bits per heavy atom. The fraction of sp³-hybridized carbons (Fsp3) is 0.222. The number of halogens is 2. The highest BCUT2D eigenvalue weighted by molar-refractivity contribution is 6.32. The molecule has 0 aliphatic carbocycles. The lowest BCUT2D eigenvalue weighted by molar-refractivity contribution is 0.0687. The molecule has 0 bridgehead atoms. The number of carbonyl (C=O) groups is 1. The maximum Gasteiger partial charge on any atom is 0.342 e. The zero-order valence-corrected chi connectivity index (χ0v) is 8.76. The smallest absolute Gasteiger partial charge is 0.342 e. The summed E-state index contributed by atoms with van der Waals surface area (Å²) in [4.78, 5) is 10.8. The third-order valence-electron chi connectivity index (χ3n) is 1.78. The Kier molecular flexibility index (Phi) is 3.36. The molecule has 0 spiro atoms. The van der Waals surface area contributed by atoms with Crippen LogP contribution in [0.2, 0.25) is 5.02 Å². The van der Waals surface area contributed by atoms with Gasteiger partial charge in [0.15, 0.2) is 17.3 Å². The van der Waals surface area contributed by atoms with Crippen LogP contribution in [-0.4, -0.2) is 25.3 Å². The van der Waals surface area contributed by atoms with Gasteiger partial charge in [0.05, 0.1) is 19.2 Å². The lowest BCUT2D eigenvalue weighted by Crippen LogP contribution is -2.06. The van der Waals surface area contributed by atoms with Crippen LogP contribution < -0.4 is 9.47 Å². The maximum atomic E-state index is 13.5. The van der Waals surface area contributed by atoms with Crippen molar-refractivity contribution in [1.29, 1.82) is 0 Å². The summed E-state index contributed by atoms with van der Waals surface area (Å²) in [6, 6.07) is 1.15. The van der Waals surface area contributed by atoms with Gasteiger partial charge >= 0.3 is 5.97 Å². The minimum absolute atomic E-state index is 0.0202. The van der Waals surface area contributed by atoms with Crippen molar-refractivity contribution in [3.05, 3.63) is 22.5 Å². The van der Waals surface area contributed by atoms with E-state index in [0.717, 1.165) is 6.07 Å². The lowest BCUT2D eigenvalue weighted by Gasteiger charge is -2.10. The van der Waals surface area contributed by atoms with E-state index in [-0.39, 0.29) is 16.5 Å². The summed E-state index contributed by atoms with van der Waals surface area (Å²) in [5.74, 6) is -2.93. The molecule has 6 heteroatoms. The first-order chi connectivity index (χ1) is 7.02. The summed E-state index contributed by atoms with van der Waals surface area (Å²) in [6.07, 6.45) is 0. The zero-order chi connectivity index (χ0) is 11.6. The Morgan fingerprint density at radius 3 is 2.47 bits per heavy atom. The molecule has 1 N–H and O–H groups in total. The van der Waals surface area contributed by atoms with Gasteiger partial charge < -0.3 is 14.6 Å². The summed E-state index contributed by atoms with van der Waals surface area (Å²) >= 11 is 5.69. The van der Waals surface area contributed by atoms with Gasteiger partial charge in [0.1, 0.15) is 5.56 Å². The van der Waals surface area contributed by atoms with Gasteiger partial charge in [-0.2, -0.15) is 0 Å². The number of carboxylic acid groups (broad SMARTS) is 1. The number of hydrogen-bond donors (Lipinski definition) is 1. The number of ether oxygens (including phenoxy) is 2. The van der Waals surface area contributed by atoms with Crippen molar-refractivity contribution in [1.82, 2.24) is 0 Å². The molecule has 0 fully saturated rings. The van der Waals surface area contributed by atoms with Gasteiger partial charge in [0.2, 0.25) is 0 Å². The second-order valence-electron chi connectivity index (χ2n) is 2.59. The second-order valence-corrected chi connectivity index (χ2v) is 3.00. The molecule has 0 atom stereocenters. The number of rotatable bonds is 3. The zero-order valence-electron chi connectivity index (χ0n) is 8.01. The van der Waals surface area contributed by atoms with Crippen molar-refractivity contribution < 1.29 is 23.8 Å². The average molecular weight is 235 g/mol.